The molecule has 0 radical (unpaired) electrons. The van der Waals surface area contributed by atoms with Crippen molar-refractivity contribution in [2.24, 2.45) is 0 Å². The van der Waals surface area contributed by atoms with E-state index in [0.29, 0.717) is 0 Å². The molecule has 0 N–H and O–H groups in total. The molecular weight excluding hydrogens is 310 g/mol. The summed E-state index contributed by atoms with van der Waals surface area (Å²) < 4.78 is 10.9. The zero-order valence-electron chi connectivity index (χ0n) is 15.4. The van der Waals surface area contributed by atoms with E-state index in [-0.39, 0.29) is 0 Å². The third-order valence-electron chi connectivity index (χ3n) is 4.73. The third kappa shape index (κ3) is 3.46. The molecule has 0 aliphatic carbocycles. The highest BCUT2D eigenvalue weighted by Gasteiger charge is 2.13. The van der Waals surface area contributed by atoms with Gasteiger partial charge in [-0.3, -0.25) is 0 Å². The maximum atomic E-state index is 5.65. The van der Waals surface area contributed by atoms with Crippen molar-refractivity contribution in [2.75, 3.05) is 7.11 Å². The van der Waals surface area contributed by atoms with Crippen LogP contribution < -0.4 is 4.74 Å². The summed E-state index contributed by atoms with van der Waals surface area (Å²) in [5.41, 5.74) is 7.25. The van der Waals surface area contributed by atoms with Crippen molar-refractivity contribution in [3.8, 4) is 28.3 Å². The summed E-state index contributed by atoms with van der Waals surface area (Å²) in [4.78, 5) is 0. The van der Waals surface area contributed by atoms with Crippen LogP contribution in [0, 0.1) is 0 Å². The molecule has 1 heterocycles. The quantitative estimate of drug-likeness (QED) is 0.579. The Morgan fingerprint density at radius 1 is 0.840 bits per heavy atom. The van der Waals surface area contributed by atoms with Crippen LogP contribution in [0.5, 0.6) is 5.75 Å². The normalized spacial score (nSPS) is 10.9. The summed E-state index contributed by atoms with van der Waals surface area (Å²) >= 11 is 0. The average Bonchev–Trinajstić information content (AvgIpc) is 3.17. The molecule has 0 aliphatic rings. The average molecular weight is 335 g/mol. The fourth-order valence-electron chi connectivity index (χ4n) is 3.33. The van der Waals surface area contributed by atoms with Crippen LogP contribution in [-0.4, -0.2) is 12.3 Å². The number of rotatable bonds is 6. The molecule has 0 saturated carbocycles. The molecule has 3 rings (SSSR count). The predicted molar refractivity (Wildman–Crippen MR) is 102 cm³/mol. The number of aryl methyl sites for hydroxylation is 2. The van der Waals surface area contributed by atoms with Gasteiger partial charge in [0.2, 0.25) is 0 Å². The smallest absolute Gasteiger partial charge is 0.167 e. The maximum Gasteiger partial charge on any atom is 0.167 e. The molecule has 0 saturated heterocycles. The number of methoxy groups -OCH3 is 1. The zero-order chi connectivity index (χ0) is 17.8. The van der Waals surface area contributed by atoms with Crippen LogP contribution in [0.2, 0.25) is 0 Å². The molecule has 130 valence electrons. The van der Waals surface area contributed by atoms with Crippen molar-refractivity contribution in [2.45, 2.75) is 40.0 Å². The highest BCUT2D eigenvalue weighted by Crippen LogP contribution is 2.30. The van der Waals surface area contributed by atoms with Crippen molar-refractivity contribution in [1.82, 2.24) is 5.16 Å². The van der Waals surface area contributed by atoms with Gasteiger partial charge in [-0.05, 0) is 72.4 Å². The summed E-state index contributed by atoms with van der Waals surface area (Å²) in [6.45, 7) is 6.64. The third-order valence-corrected chi connectivity index (χ3v) is 4.73. The molecule has 1 aromatic heterocycles. The Kier molecular flexibility index (Phi) is 5.22. The molecule has 0 unspecified atom stereocenters. The number of nitrogens with zero attached hydrogens (tertiary/aromatic N) is 1. The van der Waals surface area contributed by atoms with E-state index in [1.807, 2.05) is 30.3 Å². The lowest BCUT2D eigenvalue weighted by Crippen LogP contribution is -1.98. The predicted octanol–water partition coefficient (Wildman–Crippen LogP) is 5.70. The second-order valence-electron chi connectivity index (χ2n) is 6.14. The number of aromatic nitrogens is 1. The molecule has 0 atom stereocenters. The van der Waals surface area contributed by atoms with E-state index in [2.05, 4.69) is 38.1 Å². The van der Waals surface area contributed by atoms with Crippen LogP contribution in [0.4, 0.5) is 0 Å². The van der Waals surface area contributed by atoms with Gasteiger partial charge in [-0.25, -0.2) is 0 Å². The molecule has 2 aromatic carbocycles. The monoisotopic (exact) mass is 335 g/mol. The molecule has 3 heteroatoms. The minimum absolute atomic E-state index is 0.817. The topological polar surface area (TPSA) is 35.3 Å². The summed E-state index contributed by atoms with van der Waals surface area (Å²) in [7, 11) is 1.67. The van der Waals surface area contributed by atoms with Gasteiger partial charge in [0.1, 0.15) is 11.4 Å². The Labute approximate surface area is 149 Å². The summed E-state index contributed by atoms with van der Waals surface area (Å²) in [6, 6.07) is 14.4. The van der Waals surface area contributed by atoms with Gasteiger partial charge in [0, 0.05) is 17.2 Å². The number of hydrogen-bond donors (Lipinski definition) is 0. The minimum Gasteiger partial charge on any atom is -0.497 e. The highest BCUT2D eigenvalue weighted by molar-refractivity contribution is 5.68. The molecule has 0 spiro atoms. The molecule has 0 amide bonds. The van der Waals surface area contributed by atoms with Crippen molar-refractivity contribution < 1.29 is 9.26 Å². The lowest BCUT2D eigenvalue weighted by Gasteiger charge is -2.13. The van der Waals surface area contributed by atoms with Gasteiger partial charge < -0.3 is 9.26 Å². The van der Waals surface area contributed by atoms with Crippen molar-refractivity contribution in [1.29, 1.82) is 0 Å². The second kappa shape index (κ2) is 7.56. The van der Waals surface area contributed by atoms with E-state index < -0.39 is 0 Å². The summed E-state index contributed by atoms with van der Waals surface area (Å²) in [5.74, 6) is 1.65. The van der Waals surface area contributed by atoms with Gasteiger partial charge in [-0.1, -0.05) is 25.9 Å². The molecule has 0 bridgehead atoms. The maximum absolute atomic E-state index is 5.65. The van der Waals surface area contributed by atoms with Gasteiger partial charge in [0.05, 0.1) is 7.11 Å². The van der Waals surface area contributed by atoms with Crippen LogP contribution >= 0.6 is 0 Å². The van der Waals surface area contributed by atoms with Crippen molar-refractivity contribution in [3.05, 3.63) is 59.2 Å². The molecular formula is C22H25NO2. The Bertz CT molecular complexity index is 822. The van der Waals surface area contributed by atoms with Crippen LogP contribution in [0.15, 0.2) is 47.0 Å². The molecule has 0 aliphatic heterocycles. The number of ether oxygens (including phenoxy) is 1. The Morgan fingerprint density at radius 3 is 2.00 bits per heavy atom. The molecule has 3 nitrogen and oxygen atoms in total. The van der Waals surface area contributed by atoms with Gasteiger partial charge in [0.15, 0.2) is 5.76 Å². The van der Waals surface area contributed by atoms with E-state index in [0.717, 1.165) is 47.6 Å². The minimum atomic E-state index is 0.817. The van der Waals surface area contributed by atoms with E-state index in [1.54, 1.807) is 7.11 Å². The lowest BCUT2D eigenvalue weighted by molar-refractivity contribution is 0.415. The van der Waals surface area contributed by atoms with Crippen LogP contribution in [0.25, 0.3) is 22.6 Å². The second-order valence-corrected chi connectivity index (χ2v) is 6.14. The van der Waals surface area contributed by atoms with Crippen LogP contribution in [-0.2, 0) is 19.3 Å². The van der Waals surface area contributed by atoms with Gasteiger partial charge in [0.25, 0.3) is 0 Å². The highest BCUT2D eigenvalue weighted by atomic mass is 16.5. The fourth-order valence-corrected chi connectivity index (χ4v) is 3.33. The van der Waals surface area contributed by atoms with Gasteiger partial charge in [-0.15, -0.1) is 0 Å². The first kappa shape index (κ1) is 17.3. The largest absolute Gasteiger partial charge is 0.497 e. The number of benzene rings is 2. The Balaban J connectivity index is 1.98. The van der Waals surface area contributed by atoms with Gasteiger partial charge in [-0.2, -0.15) is 0 Å². The van der Waals surface area contributed by atoms with E-state index >= 15 is 0 Å². The zero-order valence-corrected chi connectivity index (χ0v) is 15.4. The molecule has 3 aromatic rings. The molecule has 0 fully saturated rings. The standard InChI is InChI=1S/C22H25NO2/c1-5-15-12-18(13-16(6-2)20(15)7-3)22-14-21(23-25-22)17-8-10-19(24-4)11-9-17/h8-14H,5-7H2,1-4H3. The van der Waals surface area contributed by atoms with Crippen molar-refractivity contribution in [3.63, 3.8) is 0 Å². The van der Waals surface area contributed by atoms with E-state index in [1.165, 1.54) is 16.7 Å². The first-order valence-corrected chi connectivity index (χ1v) is 8.96. The summed E-state index contributed by atoms with van der Waals surface area (Å²) in [6.07, 6.45) is 3.13. The summed E-state index contributed by atoms with van der Waals surface area (Å²) in [5, 5.41) is 4.26. The molecule has 25 heavy (non-hydrogen) atoms. The van der Waals surface area contributed by atoms with E-state index in [4.69, 9.17) is 9.26 Å². The van der Waals surface area contributed by atoms with Gasteiger partial charge >= 0.3 is 0 Å². The lowest BCUT2D eigenvalue weighted by atomic mass is 9.92. The fraction of sp³-hybridized carbons (Fsp3) is 0.318. The van der Waals surface area contributed by atoms with Crippen molar-refractivity contribution >= 4 is 0 Å². The number of hydrogen-bond acceptors (Lipinski definition) is 3. The first-order valence-electron chi connectivity index (χ1n) is 8.96. The Hall–Kier alpha value is -2.55. The SMILES string of the molecule is CCc1cc(-c2cc(-c3ccc(OC)cc3)no2)cc(CC)c1CC. The van der Waals surface area contributed by atoms with Crippen LogP contribution in [0.3, 0.4) is 0 Å². The van der Waals surface area contributed by atoms with E-state index in [9.17, 15) is 0 Å². The Morgan fingerprint density at radius 2 is 1.48 bits per heavy atom. The first-order chi connectivity index (χ1) is 12.2. The van der Waals surface area contributed by atoms with Crippen LogP contribution in [0.1, 0.15) is 37.5 Å².